The molecule has 10 heteroatoms. The van der Waals surface area contributed by atoms with Crippen molar-refractivity contribution >= 4 is 5.95 Å². The quantitative estimate of drug-likeness (QED) is 0.653. The summed E-state index contributed by atoms with van der Waals surface area (Å²) in [5.74, 6) is -2.39. The van der Waals surface area contributed by atoms with E-state index in [4.69, 9.17) is 4.74 Å². The topological polar surface area (TPSA) is 117 Å². The van der Waals surface area contributed by atoms with Gasteiger partial charge in [-0.3, -0.25) is 0 Å². The van der Waals surface area contributed by atoms with E-state index in [9.17, 15) is 19.1 Å². The highest BCUT2D eigenvalue weighted by molar-refractivity contribution is 5.38. The second-order valence-electron chi connectivity index (χ2n) is 8.39. The summed E-state index contributed by atoms with van der Waals surface area (Å²) in [5, 5.41) is 22.8. The van der Waals surface area contributed by atoms with Crippen molar-refractivity contribution in [2.45, 2.75) is 64.0 Å². The van der Waals surface area contributed by atoms with Crippen molar-refractivity contribution in [1.82, 2.24) is 19.9 Å². The highest BCUT2D eigenvalue weighted by Gasteiger charge is 2.30. The van der Waals surface area contributed by atoms with Gasteiger partial charge in [0.15, 0.2) is 6.61 Å². The van der Waals surface area contributed by atoms with Crippen molar-refractivity contribution in [2.24, 2.45) is 5.92 Å². The maximum atomic E-state index is 13.1. The molecule has 0 radical (unpaired) electrons. The molecule has 1 aliphatic carbocycles. The number of halogens is 2. The monoisotopic (exact) mass is 432 g/mol. The number of anilines is 1. The molecular formula is C21H26F2N6O2. The van der Waals surface area contributed by atoms with Gasteiger partial charge in [-0.25, -0.2) is 28.7 Å². The fourth-order valence-electron chi connectivity index (χ4n) is 3.76. The Bertz CT molecular complexity index is 942. The van der Waals surface area contributed by atoms with Gasteiger partial charge in [-0.1, -0.05) is 6.42 Å². The summed E-state index contributed by atoms with van der Waals surface area (Å²) in [4.78, 5) is 16.5. The number of nitrogens with zero attached hydrogens (tertiary/aromatic N) is 5. The lowest BCUT2D eigenvalue weighted by atomic mass is 9.77. The van der Waals surface area contributed by atoms with Crippen LogP contribution in [0.4, 0.5) is 14.7 Å². The van der Waals surface area contributed by atoms with Crippen LogP contribution in [0.3, 0.4) is 0 Å². The number of aromatic nitrogens is 4. The summed E-state index contributed by atoms with van der Waals surface area (Å²) in [6, 6.07) is 2.12. The number of nitrogens with one attached hydrogen (secondary N) is 1. The molecule has 2 aromatic heterocycles. The van der Waals surface area contributed by atoms with Crippen LogP contribution in [0, 0.1) is 17.2 Å². The number of hydrogen-bond donors (Lipinski definition) is 2. The molecule has 2 N–H and O–H groups in total. The Morgan fingerprint density at radius 3 is 2.90 bits per heavy atom. The van der Waals surface area contributed by atoms with Crippen molar-refractivity contribution < 1.29 is 18.6 Å². The van der Waals surface area contributed by atoms with Gasteiger partial charge in [0, 0.05) is 19.7 Å². The largest absolute Gasteiger partial charge is 0.471 e. The minimum atomic E-state index is -2.98. The SMILES string of the molecule is CC(F)(F)COc1ncncc1CNc1ncc(C#N)c(C[C@H]2CCC[C@@](C)(O)C2)n1. The second kappa shape index (κ2) is 9.47. The number of alkyl halides is 2. The Balaban J connectivity index is 1.69. The van der Waals surface area contributed by atoms with Gasteiger partial charge in [0.1, 0.15) is 12.4 Å². The second-order valence-corrected chi connectivity index (χ2v) is 8.39. The first kappa shape index (κ1) is 22.7. The third-order valence-corrected chi connectivity index (χ3v) is 5.17. The molecule has 8 nitrogen and oxygen atoms in total. The molecule has 0 aliphatic heterocycles. The highest BCUT2D eigenvalue weighted by atomic mass is 19.3. The van der Waals surface area contributed by atoms with Gasteiger partial charge in [0.05, 0.1) is 28.6 Å². The third-order valence-electron chi connectivity index (χ3n) is 5.17. The van der Waals surface area contributed by atoms with Crippen molar-refractivity contribution in [3.63, 3.8) is 0 Å². The van der Waals surface area contributed by atoms with Gasteiger partial charge in [0.25, 0.3) is 5.92 Å². The molecule has 0 spiro atoms. The van der Waals surface area contributed by atoms with Gasteiger partial charge in [-0.15, -0.1) is 0 Å². The number of ether oxygens (including phenoxy) is 1. The maximum absolute atomic E-state index is 13.1. The Kier molecular flexibility index (Phi) is 6.95. The minimum absolute atomic E-state index is 0.0577. The molecular weight excluding hydrogens is 406 g/mol. The Morgan fingerprint density at radius 2 is 2.19 bits per heavy atom. The van der Waals surface area contributed by atoms with E-state index in [1.807, 2.05) is 6.92 Å². The van der Waals surface area contributed by atoms with Gasteiger partial charge >= 0.3 is 0 Å². The molecule has 0 saturated heterocycles. The number of nitriles is 1. The molecule has 0 unspecified atom stereocenters. The van der Waals surface area contributed by atoms with E-state index in [1.165, 1.54) is 18.7 Å². The van der Waals surface area contributed by atoms with E-state index in [0.717, 1.165) is 26.2 Å². The number of aliphatic hydroxyl groups is 1. The van der Waals surface area contributed by atoms with Crippen LogP contribution in [-0.2, 0) is 13.0 Å². The summed E-state index contributed by atoms with van der Waals surface area (Å²) < 4.78 is 31.3. The fraction of sp³-hybridized carbons (Fsp3) is 0.571. The van der Waals surface area contributed by atoms with E-state index in [-0.39, 0.29) is 18.3 Å². The number of hydrogen-bond acceptors (Lipinski definition) is 8. The van der Waals surface area contributed by atoms with Gasteiger partial charge in [-0.2, -0.15) is 5.26 Å². The summed E-state index contributed by atoms with van der Waals surface area (Å²) in [6.45, 7) is 1.98. The van der Waals surface area contributed by atoms with Crippen LogP contribution < -0.4 is 10.1 Å². The van der Waals surface area contributed by atoms with E-state index < -0.39 is 18.1 Å². The van der Waals surface area contributed by atoms with Crippen LogP contribution in [0.15, 0.2) is 18.7 Å². The minimum Gasteiger partial charge on any atom is -0.471 e. The van der Waals surface area contributed by atoms with Crippen molar-refractivity contribution in [2.75, 3.05) is 11.9 Å². The average molecular weight is 432 g/mol. The summed E-state index contributed by atoms with van der Waals surface area (Å²) in [7, 11) is 0. The van der Waals surface area contributed by atoms with E-state index >= 15 is 0 Å². The van der Waals surface area contributed by atoms with Crippen LogP contribution in [-0.4, -0.2) is 43.2 Å². The molecule has 2 heterocycles. The molecule has 2 aromatic rings. The summed E-state index contributed by atoms with van der Waals surface area (Å²) in [5.41, 5.74) is 0.801. The zero-order valence-electron chi connectivity index (χ0n) is 17.6. The average Bonchev–Trinajstić information content (AvgIpc) is 2.70. The smallest absolute Gasteiger partial charge is 0.278 e. The van der Waals surface area contributed by atoms with Crippen molar-refractivity contribution in [3.8, 4) is 11.9 Å². The molecule has 166 valence electrons. The molecule has 0 bridgehead atoms. The molecule has 31 heavy (non-hydrogen) atoms. The summed E-state index contributed by atoms with van der Waals surface area (Å²) >= 11 is 0. The van der Waals surface area contributed by atoms with Crippen LogP contribution in [0.5, 0.6) is 5.88 Å². The Hall–Kier alpha value is -2.93. The zero-order valence-corrected chi connectivity index (χ0v) is 17.6. The lowest BCUT2D eigenvalue weighted by molar-refractivity contribution is -0.0245. The molecule has 3 rings (SSSR count). The van der Waals surface area contributed by atoms with Crippen LogP contribution in [0.1, 0.15) is 56.4 Å². The first-order chi connectivity index (χ1) is 14.6. The number of rotatable bonds is 8. The first-order valence-electron chi connectivity index (χ1n) is 10.2. The van der Waals surface area contributed by atoms with Gasteiger partial charge in [0.2, 0.25) is 11.8 Å². The Labute approximate surface area is 179 Å². The van der Waals surface area contributed by atoms with Gasteiger partial charge < -0.3 is 15.2 Å². The third kappa shape index (κ3) is 6.79. The van der Waals surface area contributed by atoms with Crippen molar-refractivity contribution in [3.05, 3.63) is 35.5 Å². The van der Waals surface area contributed by atoms with Crippen LogP contribution in [0.25, 0.3) is 0 Å². The molecule has 1 aliphatic rings. The lowest BCUT2D eigenvalue weighted by Gasteiger charge is -2.33. The molecule has 0 amide bonds. The highest BCUT2D eigenvalue weighted by Crippen LogP contribution is 2.34. The molecule has 0 aromatic carbocycles. The summed E-state index contributed by atoms with van der Waals surface area (Å²) in [6.07, 6.45) is 8.07. The van der Waals surface area contributed by atoms with Crippen molar-refractivity contribution in [1.29, 1.82) is 5.26 Å². The molecule has 1 saturated carbocycles. The van der Waals surface area contributed by atoms with Crippen LogP contribution >= 0.6 is 0 Å². The van der Waals surface area contributed by atoms with E-state index in [2.05, 4.69) is 31.3 Å². The predicted octanol–water partition coefficient (Wildman–Crippen LogP) is 3.27. The van der Waals surface area contributed by atoms with E-state index in [1.54, 1.807) is 0 Å². The van der Waals surface area contributed by atoms with Gasteiger partial charge in [-0.05, 0) is 38.5 Å². The molecule has 2 atom stereocenters. The van der Waals surface area contributed by atoms with Crippen LogP contribution in [0.2, 0.25) is 0 Å². The first-order valence-corrected chi connectivity index (χ1v) is 10.2. The standard InChI is InChI=1S/C21H26F2N6O2/c1-20(30)5-3-4-14(7-20)6-17-15(8-24)10-26-19(29-17)27-11-16-9-25-13-28-18(16)31-12-21(2,22)23/h9-10,13-14,30H,3-7,11-12H2,1-2H3,(H,26,27,29)/t14-,20-/m1/s1. The van der Waals surface area contributed by atoms with E-state index in [0.29, 0.717) is 35.6 Å². The predicted molar refractivity (Wildman–Crippen MR) is 109 cm³/mol. The zero-order chi connectivity index (χ0) is 22.5. The normalized spacial score (nSPS) is 21.4. The molecule has 1 fully saturated rings. The maximum Gasteiger partial charge on any atom is 0.278 e. The fourth-order valence-corrected chi connectivity index (χ4v) is 3.76. The Morgan fingerprint density at radius 1 is 1.39 bits per heavy atom. The lowest BCUT2D eigenvalue weighted by Crippen LogP contribution is -2.32.